The number of benzene rings is 3. The highest BCUT2D eigenvalue weighted by molar-refractivity contribution is 7.98. The Kier molecular flexibility index (Phi) is 5.41. The molecule has 1 aliphatic rings. The molecule has 0 saturated carbocycles. The number of aromatic carboxylic acids is 1. The van der Waals surface area contributed by atoms with Gasteiger partial charge in [0.1, 0.15) is 5.75 Å². The molecule has 0 aliphatic carbocycles. The van der Waals surface area contributed by atoms with Crippen LogP contribution in [-0.4, -0.2) is 27.9 Å². The number of para-hydroxylation sites is 1. The van der Waals surface area contributed by atoms with Gasteiger partial charge < -0.3 is 10.0 Å². The molecule has 29 heavy (non-hydrogen) atoms. The molecule has 3 aromatic carbocycles. The number of nitrogens with zero attached hydrogens (tertiary/aromatic N) is 1. The Morgan fingerprint density at radius 3 is 1.97 bits per heavy atom. The third-order valence-electron chi connectivity index (χ3n) is 5.23. The Hall–Kier alpha value is -3.05. The molecule has 0 spiro atoms. The van der Waals surface area contributed by atoms with E-state index in [-0.39, 0.29) is 21.7 Å². The quantitative estimate of drug-likeness (QED) is 0.594. The minimum Gasteiger partial charge on any atom is -0.478 e. The van der Waals surface area contributed by atoms with Crippen LogP contribution in [0.4, 0.5) is 17.1 Å². The number of Topliss-reactive ketones (excluding diaryl/α,β-unsaturated/α-hetero) is 1. The zero-order valence-electron chi connectivity index (χ0n) is 16.1. The minimum absolute atomic E-state index is 0.0177. The van der Waals surface area contributed by atoms with Gasteiger partial charge >= 0.3 is 5.97 Å². The lowest BCUT2D eigenvalue weighted by atomic mass is 10.1. The van der Waals surface area contributed by atoms with Crippen LogP contribution in [0.5, 0.6) is 0 Å². The molecule has 1 N–H and O–H groups in total. The second kappa shape index (κ2) is 8.13. The van der Waals surface area contributed by atoms with Gasteiger partial charge in [0.25, 0.3) is 0 Å². The lowest BCUT2D eigenvalue weighted by Gasteiger charge is -2.25. The topological polar surface area (TPSA) is 57.6 Å². The van der Waals surface area contributed by atoms with Gasteiger partial charge in [-0.25, -0.2) is 4.79 Å². The van der Waals surface area contributed by atoms with Gasteiger partial charge in [0.2, 0.25) is 0 Å². The molecule has 0 bridgehead atoms. The van der Waals surface area contributed by atoms with Crippen LogP contribution in [0.25, 0.3) is 0 Å². The number of carboxylic acids is 1. The van der Waals surface area contributed by atoms with Crippen molar-refractivity contribution >= 4 is 39.7 Å². The smallest absolute Gasteiger partial charge is 0.335 e. The summed E-state index contributed by atoms with van der Waals surface area (Å²) in [5, 5.41) is 9.29. The van der Waals surface area contributed by atoms with E-state index < -0.39 is 5.97 Å². The summed E-state index contributed by atoms with van der Waals surface area (Å²) in [6, 6.07) is 25.3. The molecular formula is C24H22NO3S+. The predicted octanol–water partition coefficient (Wildman–Crippen LogP) is 5.19. The Labute approximate surface area is 173 Å². The van der Waals surface area contributed by atoms with Crippen molar-refractivity contribution in [2.24, 2.45) is 0 Å². The highest BCUT2D eigenvalue weighted by atomic mass is 32.2. The molecule has 2 unspecified atom stereocenters. The molecule has 0 amide bonds. The van der Waals surface area contributed by atoms with E-state index in [1.54, 1.807) is 12.1 Å². The maximum absolute atomic E-state index is 11.9. The third-order valence-corrected chi connectivity index (χ3v) is 7.87. The van der Waals surface area contributed by atoms with Crippen LogP contribution >= 0.6 is 0 Å². The van der Waals surface area contributed by atoms with Crippen LogP contribution in [0.2, 0.25) is 0 Å². The standard InChI is InChI=1S/C24H21NO3S/c1-17-23(26)15-16-29(17)22-13-11-21(12-14-22)25(19-5-3-2-4-6-19)20-9-7-18(8-10-20)24(27)28/h2-14,17H,15-16H2,1H3/p+1. The van der Waals surface area contributed by atoms with Crippen LogP contribution < -0.4 is 4.90 Å². The number of carbonyl (C=O) groups excluding carboxylic acids is 1. The number of hydrogen-bond donors (Lipinski definition) is 1. The molecule has 1 saturated heterocycles. The summed E-state index contributed by atoms with van der Waals surface area (Å²) in [6.45, 7) is 2.03. The first-order valence-corrected chi connectivity index (χ1v) is 11.0. The van der Waals surface area contributed by atoms with Gasteiger partial charge in [-0.2, -0.15) is 0 Å². The lowest BCUT2D eigenvalue weighted by Crippen LogP contribution is -2.19. The van der Waals surface area contributed by atoms with Crippen LogP contribution in [-0.2, 0) is 15.7 Å². The van der Waals surface area contributed by atoms with Gasteiger partial charge in [0.05, 0.1) is 12.0 Å². The second-order valence-corrected chi connectivity index (χ2v) is 9.45. The number of rotatable bonds is 5. The Bertz CT molecular complexity index is 1020. The van der Waals surface area contributed by atoms with E-state index in [0.29, 0.717) is 12.2 Å². The van der Waals surface area contributed by atoms with Crippen molar-refractivity contribution in [3.05, 3.63) is 84.4 Å². The van der Waals surface area contributed by atoms with Crippen molar-refractivity contribution in [3.63, 3.8) is 0 Å². The fourth-order valence-electron chi connectivity index (χ4n) is 3.62. The van der Waals surface area contributed by atoms with Crippen LogP contribution in [0.15, 0.2) is 83.8 Å². The lowest BCUT2D eigenvalue weighted by molar-refractivity contribution is -0.117. The zero-order valence-corrected chi connectivity index (χ0v) is 16.9. The second-order valence-electron chi connectivity index (χ2n) is 7.01. The van der Waals surface area contributed by atoms with Crippen molar-refractivity contribution < 1.29 is 14.7 Å². The van der Waals surface area contributed by atoms with Crippen molar-refractivity contribution in [1.29, 1.82) is 0 Å². The SMILES string of the molecule is CC1C(=O)CC[S+]1c1ccc(N(c2ccccc2)c2ccc(C(=O)O)cc2)cc1. The van der Waals surface area contributed by atoms with Crippen molar-refractivity contribution in [1.82, 2.24) is 0 Å². The summed E-state index contributed by atoms with van der Waals surface area (Å²) in [6.07, 6.45) is 0.679. The first kappa shape index (κ1) is 19.3. The predicted molar refractivity (Wildman–Crippen MR) is 118 cm³/mol. The molecule has 4 nitrogen and oxygen atoms in total. The summed E-state index contributed by atoms with van der Waals surface area (Å²) < 4.78 is 0. The maximum Gasteiger partial charge on any atom is 0.335 e. The molecule has 1 fully saturated rings. The van der Waals surface area contributed by atoms with Gasteiger partial charge in [-0.15, -0.1) is 0 Å². The maximum atomic E-state index is 11.9. The molecule has 3 aromatic rings. The van der Waals surface area contributed by atoms with Gasteiger partial charge in [0, 0.05) is 28.0 Å². The number of carboxylic acid groups (broad SMARTS) is 1. The number of ketones is 1. The molecule has 1 aliphatic heterocycles. The highest BCUT2D eigenvalue weighted by Gasteiger charge is 2.41. The van der Waals surface area contributed by atoms with Crippen LogP contribution in [0.1, 0.15) is 23.7 Å². The molecule has 5 heteroatoms. The Morgan fingerprint density at radius 2 is 1.45 bits per heavy atom. The molecule has 0 aromatic heterocycles. The highest BCUT2D eigenvalue weighted by Crippen LogP contribution is 2.36. The molecule has 4 rings (SSSR count). The van der Waals surface area contributed by atoms with E-state index in [1.807, 2.05) is 49.4 Å². The summed E-state index contributed by atoms with van der Waals surface area (Å²) in [7, 11) is -0.0177. The first-order valence-electron chi connectivity index (χ1n) is 9.55. The van der Waals surface area contributed by atoms with Crippen molar-refractivity contribution in [2.45, 2.75) is 23.5 Å². The largest absolute Gasteiger partial charge is 0.478 e. The van der Waals surface area contributed by atoms with Gasteiger partial charge in [-0.3, -0.25) is 4.79 Å². The number of hydrogen-bond acceptors (Lipinski definition) is 3. The molecule has 1 heterocycles. The summed E-state index contributed by atoms with van der Waals surface area (Å²) in [4.78, 5) is 26.5. The van der Waals surface area contributed by atoms with E-state index in [1.165, 1.54) is 4.90 Å². The van der Waals surface area contributed by atoms with Gasteiger partial charge in [0.15, 0.2) is 15.9 Å². The normalized spacial score (nSPS) is 18.6. The molecule has 146 valence electrons. The molecule has 2 atom stereocenters. The van der Waals surface area contributed by atoms with Crippen LogP contribution in [0, 0.1) is 0 Å². The molecule has 0 radical (unpaired) electrons. The monoisotopic (exact) mass is 404 g/mol. The summed E-state index contributed by atoms with van der Waals surface area (Å²) in [5.41, 5.74) is 3.14. The van der Waals surface area contributed by atoms with Crippen LogP contribution in [0.3, 0.4) is 0 Å². The first-order chi connectivity index (χ1) is 14.0. The van der Waals surface area contributed by atoms with E-state index >= 15 is 0 Å². The average molecular weight is 405 g/mol. The Morgan fingerprint density at radius 1 is 0.897 bits per heavy atom. The van der Waals surface area contributed by atoms with E-state index in [2.05, 4.69) is 29.2 Å². The van der Waals surface area contributed by atoms with Gasteiger partial charge in [-0.05, 0) is 67.6 Å². The van der Waals surface area contributed by atoms with Crippen molar-refractivity contribution in [2.75, 3.05) is 10.7 Å². The fraction of sp³-hybridized carbons (Fsp3) is 0.167. The fourth-order valence-corrected chi connectivity index (χ4v) is 5.96. The third kappa shape index (κ3) is 3.91. The van der Waals surface area contributed by atoms with E-state index in [0.717, 1.165) is 22.8 Å². The summed E-state index contributed by atoms with van der Waals surface area (Å²) in [5.74, 6) is 0.369. The number of anilines is 3. The van der Waals surface area contributed by atoms with E-state index in [9.17, 15) is 14.7 Å². The minimum atomic E-state index is -0.937. The average Bonchev–Trinajstić information content (AvgIpc) is 3.08. The van der Waals surface area contributed by atoms with E-state index in [4.69, 9.17) is 0 Å². The number of carbonyl (C=O) groups is 2. The zero-order chi connectivity index (χ0) is 20.4. The summed E-state index contributed by atoms with van der Waals surface area (Å²) >= 11 is 0. The Balaban J connectivity index is 1.70. The molecular weight excluding hydrogens is 382 g/mol. The van der Waals surface area contributed by atoms with Crippen molar-refractivity contribution in [3.8, 4) is 0 Å². The van der Waals surface area contributed by atoms with Gasteiger partial charge in [-0.1, -0.05) is 18.2 Å².